The fourth-order valence-electron chi connectivity index (χ4n) is 1.92. The average Bonchev–Trinajstić information content (AvgIpc) is 2.96. The van der Waals surface area contributed by atoms with E-state index in [1.54, 1.807) is 12.5 Å². The van der Waals surface area contributed by atoms with Crippen molar-refractivity contribution in [2.45, 2.75) is 51.6 Å². The van der Waals surface area contributed by atoms with Crippen molar-refractivity contribution in [2.75, 3.05) is 6.54 Å². The number of unbranched alkanes of at least 4 members (excludes halogenated alkanes) is 2. The van der Waals surface area contributed by atoms with Gasteiger partial charge in [-0.3, -0.25) is 0 Å². The van der Waals surface area contributed by atoms with Crippen molar-refractivity contribution in [3.8, 4) is 0 Å². The van der Waals surface area contributed by atoms with E-state index in [0.717, 1.165) is 32.2 Å². The molecule has 0 saturated heterocycles. The summed E-state index contributed by atoms with van der Waals surface area (Å²) in [5, 5.41) is 14.2. The topological polar surface area (TPSA) is 96.3 Å². The molecule has 7 heteroatoms. The van der Waals surface area contributed by atoms with Crippen molar-refractivity contribution < 1.29 is 14.7 Å². The van der Waals surface area contributed by atoms with E-state index in [-0.39, 0.29) is 0 Å². The Morgan fingerprint density at radius 3 is 2.76 bits per heavy atom. The molecule has 0 unspecified atom stereocenters. The smallest absolute Gasteiger partial charge is 0.326 e. The molecule has 21 heavy (non-hydrogen) atoms. The molecule has 0 radical (unpaired) electrons. The molecule has 0 spiro atoms. The van der Waals surface area contributed by atoms with E-state index in [9.17, 15) is 9.59 Å². The summed E-state index contributed by atoms with van der Waals surface area (Å²) in [7, 11) is 0. The number of urea groups is 1. The average molecular weight is 296 g/mol. The predicted octanol–water partition coefficient (Wildman–Crippen LogP) is 1.61. The summed E-state index contributed by atoms with van der Waals surface area (Å²) in [5.41, 5.74) is 0. The molecular weight excluding hydrogens is 272 g/mol. The van der Waals surface area contributed by atoms with Gasteiger partial charge in [0, 0.05) is 25.5 Å². The lowest BCUT2D eigenvalue weighted by atomic mass is 10.1. The van der Waals surface area contributed by atoms with Crippen LogP contribution >= 0.6 is 0 Å². The van der Waals surface area contributed by atoms with Gasteiger partial charge in [0.05, 0.1) is 6.33 Å². The van der Waals surface area contributed by atoms with Crippen molar-refractivity contribution in [1.29, 1.82) is 0 Å². The number of carbonyl (C=O) groups is 2. The van der Waals surface area contributed by atoms with Crippen LogP contribution in [0.1, 0.15) is 39.0 Å². The monoisotopic (exact) mass is 296 g/mol. The van der Waals surface area contributed by atoms with Crippen LogP contribution in [-0.2, 0) is 11.3 Å². The van der Waals surface area contributed by atoms with Gasteiger partial charge in [0.25, 0.3) is 0 Å². The third-order valence-electron chi connectivity index (χ3n) is 3.14. The standard InChI is InChI=1S/C14H24N4O3/c1-2-3-6-12(13(19)20)17-14(21)16-7-4-5-9-18-10-8-15-11-18/h8,10-12H,2-7,9H2,1H3,(H,19,20)(H2,16,17,21)/t12-/m0/s1. The molecule has 0 aliphatic rings. The molecule has 2 amide bonds. The van der Waals surface area contributed by atoms with Crippen molar-refractivity contribution in [1.82, 2.24) is 20.2 Å². The Kier molecular flexibility index (Phi) is 7.93. The van der Waals surface area contributed by atoms with Gasteiger partial charge in [-0.05, 0) is 19.3 Å². The van der Waals surface area contributed by atoms with Crippen molar-refractivity contribution in [3.63, 3.8) is 0 Å². The minimum absolute atomic E-state index is 0.416. The van der Waals surface area contributed by atoms with Crippen molar-refractivity contribution >= 4 is 12.0 Å². The Morgan fingerprint density at radius 2 is 2.14 bits per heavy atom. The summed E-state index contributed by atoms with van der Waals surface area (Å²) in [6.07, 6.45) is 9.28. The zero-order valence-corrected chi connectivity index (χ0v) is 12.4. The van der Waals surface area contributed by atoms with E-state index < -0.39 is 18.0 Å². The number of amides is 2. The second-order valence-corrected chi connectivity index (χ2v) is 4.94. The largest absolute Gasteiger partial charge is 0.480 e. The molecule has 3 N–H and O–H groups in total. The van der Waals surface area contributed by atoms with Crippen molar-refractivity contribution in [2.24, 2.45) is 0 Å². The fraction of sp³-hybridized carbons (Fsp3) is 0.643. The molecule has 0 saturated carbocycles. The van der Waals surface area contributed by atoms with E-state index in [1.807, 2.05) is 17.7 Å². The van der Waals surface area contributed by atoms with Gasteiger partial charge >= 0.3 is 12.0 Å². The lowest BCUT2D eigenvalue weighted by Crippen LogP contribution is -2.46. The van der Waals surface area contributed by atoms with Gasteiger partial charge in [-0.15, -0.1) is 0 Å². The number of nitrogens with one attached hydrogen (secondary N) is 2. The Balaban J connectivity index is 2.12. The van der Waals surface area contributed by atoms with Gasteiger partial charge in [0.2, 0.25) is 0 Å². The van der Waals surface area contributed by atoms with Crippen LogP contribution in [0.4, 0.5) is 4.79 Å². The highest BCUT2D eigenvalue weighted by molar-refractivity contribution is 5.82. The molecule has 1 aromatic rings. The normalized spacial score (nSPS) is 11.9. The van der Waals surface area contributed by atoms with Crippen molar-refractivity contribution in [3.05, 3.63) is 18.7 Å². The summed E-state index contributed by atoms with van der Waals surface area (Å²) in [6, 6.07) is -1.22. The molecule has 1 aromatic heterocycles. The molecule has 118 valence electrons. The third-order valence-corrected chi connectivity index (χ3v) is 3.14. The van der Waals surface area contributed by atoms with E-state index in [0.29, 0.717) is 13.0 Å². The number of carboxylic acid groups (broad SMARTS) is 1. The number of carbonyl (C=O) groups excluding carboxylic acids is 1. The third kappa shape index (κ3) is 7.34. The number of aliphatic carboxylic acids is 1. The quantitative estimate of drug-likeness (QED) is 0.571. The number of hydrogen-bond acceptors (Lipinski definition) is 3. The fourth-order valence-corrected chi connectivity index (χ4v) is 1.92. The van der Waals surface area contributed by atoms with Crippen LogP contribution in [0.25, 0.3) is 0 Å². The zero-order chi connectivity index (χ0) is 15.5. The number of imidazole rings is 1. The summed E-state index contributed by atoms with van der Waals surface area (Å²) < 4.78 is 1.98. The molecule has 1 rings (SSSR count). The highest BCUT2D eigenvalue weighted by Crippen LogP contribution is 2.00. The minimum atomic E-state index is -0.987. The number of hydrogen-bond donors (Lipinski definition) is 3. The molecule has 0 fully saturated rings. The summed E-state index contributed by atoms with van der Waals surface area (Å²) in [5.74, 6) is -0.987. The maximum atomic E-state index is 11.6. The van der Waals surface area contributed by atoms with Gasteiger partial charge in [0.1, 0.15) is 6.04 Å². The number of aryl methyl sites for hydroxylation is 1. The van der Waals surface area contributed by atoms with Crippen LogP contribution in [0.3, 0.4) is 0 Å². The van der Waals surface area contributed by atoms with E-state index in [4.69, 9.17) is 5.11 Å². The Labute approximate surface area is 124 Å². The summed E-state index contributed by atoms with van der Waals surface area (Å²) in [4.78, 5) is 26.6. The first-order valence-electron chi connectivity index (χ1n) is 7.36. The zero-order valence-electron chi connectivity index (χ0n) is 12.4. The second kappa shape index (κ2) is 9.79. The van der Waals surface area contributed by atoms with Gasteiger partial charge in [-0.1, -0.05) is 19.8 Å². The number of aromatic nitrogens is 2. The van der Waals surface area contributed by atoms with Crippen LogP contribution < -0.4 is 10.6 Å². The first kappa shape index (κ1) is 17.0. The first-order chi connectivity index (χ1) is 10.1. The summed E-state index contributed by atoms with van der Waals surface area (Å²) in [6.45, 7) is 3.37. The van der Waals surface area contributed by atoms with E-state index in [2.05, 4.69) is 15.6 Å². The molecule has 1 atom stereocenters. The molecule has 0 bridgehead atoms. The second-order valence-electron chi connectivity index (χ2n) is 4.94. The minimum Gasteiger partial charge on any atom is -0.480 e. The van der Waals surface area contributed by atoms with E-state index >= 15 is 0 Å². The van der Waals surface area contributed by atoms with Crippen LogP contribution in [0.15, 0.2) is 18.7 Å². The Morgan fingerprint density at radius 1 is 1.33 bits per heavy atom. The predicted molar refractivity (Wildman–Crippen MR) is 78.9 cm³/mol. The number of rotatable bonds is 10. The van der Waals surface area contributed by atoms with Gasteiger partial charge < -0.3 is 20.3 Å². The molecule has 7 nitrogen and oxygen atoms in total. The van der Waals surface area contributed by atoms with Crippen LogP contribution in [0.5, 0.6) is 0 Å². The number of carboxylic acids is 1. The van der Waals surface area contributed by atoms with Gasteiger partial charge in [-0.2, -0.15) is 0 Å². The molecule has 1 heterocycles. The summed E-state index contributed by atoms with van der Waals surface area (Å²) >= 11 is 0. The van der Waals surface area contributed by atoms with Gasteiger partial charge in [-0.25, -0.2) is 14.6 Å². The molecule has 0 aromatic carbocycles. The van der Waals surface area contributed by atoms with Crippen LogP contribution in [0, 0.1) is 0 Å². The highest BCUT2D eigenvalue weighted by Gasteiger charge is 2.18. The maximum absolute atomic E-state index is 11.6. The van der Waals surface area contributed by atoms with E-state index in [1.165, 1.54) is 0 Å². The first-order valence-corrected chi connectivity index (χ1v) is 7.36. The Hall–Kier alpha value is -2.05. The Bertz CT molecular complexity index is 420. The van der Waals surface area contributed by atoms with Crippen LogP contribution in [-0.4, -0.2) is 39.2 Å². The molecular formula is C14H24N4O3. The maximum Gasteiger partial charge on any atom is 0.326 e. The molecule has 0 aliphatic carbocycles. The lowest BCUT2D eigenvalue weighted by molar-refractivity contribution is -0.139. The number of nitrogens with zero attached hydrogens (tertiary/aromatic N) is 2. The molecule has 0 aliphatic heterocycles. The van der Waals surface area contributed by atoms with Gasteiger partial charge in [0.15, 0.2) is 0 Å². The highest BCUT2D eigenvalue weighted by atomic mass is 16.4. The SMILES string of the molecule is CCCC[C@H](NC(=O)NCCCCn1ccnc1)C(=O)O. The van der Waals surface area contributed by atoms with Crippen LogP contribution in [0.2, 0.25) is 0 Å². The lowest BCUT2D eigenvalue weighted by Gasteiger charge is -2.14.